The van der Waals surface area contributed by atoms with Crippen LogP contribution in [0.5, 0.6) is 5.75 Å². The van der Waals surface area contributed by atoms with Gasteiger partial charge in [0.15, 0.2) is 0 Å². The van der Waals surface area contributed by atoms with Crippen LogP contribution in [0.15, 0.2) is 23.7 Å². The fourth-order valence-electron chi connectivity index (χ4n) is 2.57. The van der Waals surface area contributed by atoms with Crippen molar-refractivity contribution in [2.75, 3.05) is 7.11 Å². The number of aryl methyl sites for hydroxylation is 2. The van der Waals surface area contributed by atoms with Gasteiger partial charge < -0.3 is 9.84 Å². The molecule has 2 aromatic rings. The first-order valence-corrected chi connectivity index (χ1v) is 8.19. The highest BCUT2D eigenvalue weighted by molar-refractivity contribution is 7.09. The van der Waals surface area contributed by atoms with E-state index in [0.717, 1.165) is 41.8 Å². The number of thiophene rings is 1. The van der Waals surface area contributed by atoms with E-state index >= 15 is 0 Å². The Morgan fingerprint density at radius 3 is 2.86 bits per heavy atom. The van der Waals surface area contributed by atoms with E-state index in [2.05, 4.69) is 22.5 Å². The van der Waals surface area contributed by atoms with Crippen LogP contribution < -0.4 is 4.74 Å². The van der Waals surface area contributed by atoms with E-state index < -0.39 is 0 Å². The molecule has 0 radical (unpaired) electrons. The number of aliphatic hydroxyl groups excluding tert-OH is 1. The molecule has 0 aliphatic heterocycles. The molecule has 0 saturated carbocycles. The molecule has 0 fully saturated rings. The molecule has 1 N–H and O–H groups in total. The minimum absolute atomic E-state index is 0.344. The van der Waals surface area contributed by atoms with Gasteiger partial charge in [0.25, 0.3) is 0 Å². The Balaban J connectivity index is 1.89. The van der Waals surface area contributed by atoms with Crippen molar-refractivity contribution < 1.29 is 9.84 Å². The average molecular weight is 305 g/mol. The first-order valence-electron chi connectivity index (χ1n) is 7.31. The first kappa shape index (κ1) is 16.0. The maximum Gasteiger partial charge on any atom is 0.128 e. The lowest BCUT2D eigenvalue weighted by molar-refractivity contribution is 0.161. The third kappa shape index (κ3) is 4.29. The maximum absolute atomic E-state index is 10.2. The summed E-state index contributed by atoms with van der Waals surface area (Å²) in [6.45, 7) is 3.99. The van der Waals surface area contributed by atoms with Crippen molar-refractivity contribution >= 4 is 11.3 Å². The summed E-state index contributed by atoms with van der Waals surface area (Å²) in [5.74, 6) is 0.880. The van der Waals surface area contributed by atoms with Crippen LogP contribution in [0.1, 0.15) is 34.5 Å². The predicted octanol–water partition coefficient (Wildman–Crippen LogP) is 3.69. The van der Waals surface area contributed by atoms with Gasteiger partial charge in [0.05, 0.1) is 13.2 Å². The molecule has 0 amide bonds. The van der Waals surface area contributed by atoms with Crippen LogP contribution in [0, 0.1) is 13.8 Å². The lowest BCUT2D eigenvalue weighted by atomic mass is 10.0. The third-order valence-corrected chi connectivity index (χ3v) is 4.66. The van der Waals surface area contributed by atoms with E-state index in [4.69, 9.17) is 4.74 Å². The second-order valence-corrected chi connectivity index (χ2v) is 6.41. The van der Waals surface area contributed by atoms with Crippen LogP contribution in [-0.4, -0.2) is 23.3 Å². The van der Waals surface area contributed by atoms with Crippen LogP contribution in [-0.2, 0) is 12.8 Å². The molecule has 2 aromatic heterocycles. The van der Waals surface area contributed by atoms with Crippen molar-refractivity contribution in [2.45, 2.75) is 45.6 Å². The van der Waals surface area contributed by atoms with Gasteiger partial charge in [-0.25, -0.2) is 0 Å². The number of hydrogen-bond acceptors (Lipinski definition) is 4. The Morgan fingerprint density at radius 1 is 1.38 bits per heavy atom. The van der Waals surface area contributed by atoms with E-state index in [1.54, 1.807) is 18.4 Å². The van der Waals surface area contributed by atoms with Gasteiger partial charge in [-0.2, -0.15) is 0 Å². The highest BCUT2D eigenvalue weighted by Crippen LogP contribution is 2.25. The zero-order valence-electron chi connectivity index (χ0n) is 12.9. The second-order valence-electron chi connectivity index (χ2n) is 5.38. The number of methoxy groups -OCH3 is 1. The quantitative estimate of drug-likeness (QED) is 0.848. The SMILES string of the molecule is COc1c(C)cnc(CC(O)CCCc2cccs2)c1C. The maximum atomic E-state index is 10.2. The number of aliphatic hydroxyl groups is 1. The molecule has 0 aliphatic rings. The largest absolute Gasteiger partial charge is 0.496 e. The average Bonchev–Trinajstić information content (AvgIpc) is 2.96. The van der Waals surface area contributed by atoms with E-state index in [1.165, 1.54) is 4.88 Å². The molecule has 2 heterocycles. The molecule has 1 unspecified atom stereocenters. The van der Waals surface area contributed by atoms with Gasteiger partial charge >= 0.3 is 0 Å². The Hall–Kier alpha value is -1.39. The fourth-order valence-corrected chi connectivity index (χ4v) is 3.32. The molecule has 0 aliphatic carbocycles. The summed E-state index contributed by atoms with van der Waals surface area (Å²) in [6.07, 6.45) is 4.91. The highest BCUT2D eigenvalue weighted by Gasteiger charge is 2.13. The van der Waals surface area contributed by atoms with Crippen molar-refractivity contribution in [1.29, 1.82) is 0 Å². The number of aromatic nitrogens is 1. The lowest BCUT2D eigenvalue weighted by Gasteiger charge is -2.15. The summed E-state index contributed by atoms with van der Waals surface area (Å²) >= 11 is 1.78. The Kier molecular flexibility index (Phi) is 5.76. The van der Waals surface area contributed by atoms with E-state index in [1.807, 2.05) is 20.0 Å². The zero-order valence-corrected chi connectivity index (χ0v) is 13.7. The van der Waals surface area contributed by atoms with E-state index in [0.29, 0.717) is 6.42 Å². The van der Waals surface area contributed by atoms with Crippen LogP contribution >= 0.6 is 11.3 Å². The van der Waals surface area contributed by atoms with Crippen molar-refractivity contribution in [2.24, 2.45) is 0 Å². The molecule has 0 aromatic carbocycles. The van der Waals surface area contributed by atoms with Gasteiger partial charge in [-0.05, 0) is 44.6 Å². The molecule has 21 heavy (non-hydrogen) atoms. The third-order valence-electron chi connectivity index (χ3n) is 3.72. The Morgan fingerprint density at radius 2 is 2.19 bits per heavy atom. The number of hydrogen-bond donors (Lipinski definition) is 1. The minimum Gasteiger partial charge on any atom is -0.496 e. The standard InChI is InChI=1S/C17H23NO2S/c1-12-11-18-16(13(2)17(12)20-3)10-14(19)6-4-7-15-8-5-9-21-15/h5,8-9,11,14,19H,4,6-7,10H2,1-3H3. The molecule has 0 saturated heterocycles. The molecule has 4 heteroatoms. The number of nitrogens with zero attached hydrogens (tertiary/aromatic N) is 1. The summed E-state index contributed by atoms with van der Waals surface area (Å²) < 4.78 is 5.41. The first-order chi connectivity index (χ1) is 10.1. The molecule has 0 bridgehead atoms. The Bertz CT molecular complexity index is 566. The Labute approximate surface area is 130 Å². The monoisotopic (exact) mass is 305 g/mol. The van der Waals surface area contributed by atoms with Gasteiger partial charge in [0.1, 0.15) is 5.75 Å². The van der Waals surface area contributed by atoms with Crippen LogP contribution in [0.4, 0.5) is 0 Å². The summed E-state index contributed by atoms with van der Waals surface area (Å²) in [6, 6.07) is 4.22. The number of pyridine rings is 1. The summed E-state index contributed by atoms with van der Waals surface area (Å²) in [5.41, 5.74) is 3.00. The topological polar surface area (TPSA) is 42.4 Å². The van der Waals surface area contributed by atoms with Crippen molar-refractivity contribution in [3.8, 4) is 5.75 Å². The van der Waals surface area contributed by atoms with Crippen molar-refractivity contribution in [3.63, 3.8) is 0 Å². The number of rotatable bonds is 7. The highest BCUT2D eigenvalue weighted by atomic mass is 32.1. The normalized spacial score (nSPS) is 12.4. The van der Waals surface area contributed by atoms with Gasteiger partial charge in [-0.1, -0.05) is 6.07 Å². The summed E-state index contributed by atoms with van der Waals surface area (Å²) in [5, 5.41) is 12.3. The van der Waals surface area contributed by atoms with Gasteiger partial charge in [0, 0.05) is 34.3 Å². The number of ether oxygens (including phenoxy) is 1. The summed E-state index contributed by atoms with van der Waals surface area (Å²) in [4.78, 5) is 5.83. The van der Waals surface area contributed by atoms with Gasteiger partial charge in [-0.3, -0.25) is 4.98 Å². The van der Waals surface area contributed by atoms with Crippen LogP contribution in [0.25, 0.3) is 0 Å². The smallest absolute Gasteiger partial charge is 0.128 e. The molecular weight excluding hydrogens is 282 g/mol. The zero-order chi connectivity index (χ0) is 15.2. The molecule has 0 spiro atoms. The second kappa shape index (κ2) is 7.57. The van der Waals surface area contributed by atoms with E-state index in [9.17, 15) is 5.11 Å². The summed E-state index contributed by atoms with van der Waals surface area (Å²) in [7, 11) is 1.68. The molecule has 3 nitrogen and oxygen atoms in total. The van der Waals surface area contributed by atoms with Crippen LogP contribution in [0.2, 0.25) is 0 Å². The van der Waals surface area contributed by atoms with Gasteiger partial charge in [-0.15, -0.1) is 11.3 Å². The van der Waals surface area contributed by atoms with E-state index in [-0.39, 0.29) is 6.10 Å². The van der Waals surface area contributed by atoms with Crippen molar-refractivity contribution in [1.82, 2.24) is 4.98 Å². The predicted molar refractivity (Wildman–Crippen MR) is 87.2 cm³/mol. The van der Waals surface area contributed by atoms with Gasteiger partial charge in [0.2, 0.25) is 0 Å². The molecule has 2 rings (SSSR count). The molecular formula is C17H23NO2S. The fraction of sp³-hybridized carbons (Fsp3) is 0.471. The van der Waals surface area contributed by atoms with Crippen LogP contribution in [0.3, 0.4) is 0 Å². The van der Waals surface area contributed by atoms with Crippen molar-refractivity contribution in [3.05, 3.63) is 45.4 Å². The minimum atomic E-state index is -0.344. The lowest BCUT2D eigenvalue weighted by Crippen LogP contribution is -2.13. The molecule has 114 valence electrons. The molecule has 1 atom stereocenters.